The van der Waals surface area contributed by atoms with E-state index >= 15 is 0 Å². The lowest BCUT2D eigenvalue weighted by molar-refractivity contribution is 0.0562. The molecule has 3 radical (unpaired) electrons. The van der Waals surface area contributed by atoms with E-state index in [1.54, 1.807) is 0 Å². The second kappa shape index (κ2) is 11.8. The maximum atomic E-state index is 13.9. The van der Waals surface area contributed by atoms with Crippen LogP contribution in [-0.4, -0.2) is 57.4 Å². The van der Waals surface area contributed by atoms with Crippen molar-refractivity contribution < 1.29 is 9.53 Å². The van der Waals surface area contributed by atoms with Crippen LogP contribution in [0, 0.1) is 6.92 Å². The number of rotatable bonds is 10. The lowest BCUT2D eigenvalue weighted by atomic mass is 9.95. The van der Waals surface area contributed by atoms with Gasteiger partial charge in [-0.25, -0.2) is 0 Å². The maximum Gasteiger partial charge on any atom is 0.252 e. The van der Waals surface area contributed by atoms with Crippen molar-refractivity contribution in [2.45, 2.75) is 81.8 Å². The van der Waals surface area contributed by atoms with E-state index in [1.807, 2.05) is 48.7 Å². The van der Waals surface area contributed by atoms with Crippen molar-refractivity contribution >= 4 is 38.4 Å². The summed E-state index contributed by atoms with van der Waals surface area (Å²) in [7, 11) is 5.87. The first-order valence-electron chi connectivity index (χ1n) is 15.6. The molecule has 3 heterocycles. The highest BCUT2D eigenvalue weighted by atomic mass is 32.1. The first-order chi connectivity index (χ1) is 20.9. The summed E-state index contributed by atoms with van der Waals surface area (Å²) < 4.78 is 6.22. The zero-order valence-corrected chi connectivity index (χ0v) is 26.8. The third-order valence-electron chi connectivity index (χ3n) is 9.62. The Balaban J connectivity index is 1.13. The second-order valence-electron chi connectivity index (χ2n) is 12.6. The molecule has 2 N–H and O–H groups in total. The fourth-order valence-electron chi connectivity index (χ4n) is 6.66. The minimum Gasteiger partial charge on any atom is -0.493 e. The van der Waals surface area contributed by atoms with Crippen LogP contribution in [0.2, 0.25) is 0 Å². The Labute approximate surface area is 261 Å². The molecule has 0 bridgehead atoms. The number of nitrogens with one attached hydrogen (secondary N) is 2. The van der Waals surface area contributed by atoms with E-state index in [2.05, 4.69) is 63.2 Å². The van der Waals surface area contributed by atoms with Crippen LogP contribution in [0.5, 0.6) is 5.75 Å². The summed E-state index contributed by atoms with van der Waals surface area (Å²) in [5, 5.41) is 8.30. The van der Waals surface area contributed by atoms with E-state index < -0.39 is 5.54 Å². The molecule has 221 valence electrons. The third kappa shape index (κ3) is 5.90. The van der Waals surface area contributed by atoms with Crippen molar-refractivity contribution in [3.63, 3.8) is 0 Å². The van der Waals surface area contributed by atoms with Crippen molar-refractivity contribution in [2.75, 3.05) is 13.6 Å². The first kappa shape index (κ1) is 28.7. The number of carbonyl (C=O) groups is 1. The van der Waals surface area contributed by atoms with Gasteiger partial charge in [-0.2, -0.15) is 0 Å². The number of hydrogen-bond donors (Lipinski definition) is 2. The summed E-state index contributed by atoms with van der Waals surface area (Å²) in [6, 6.07) is 19.9. The topological polar surface area (TPSA) is 66.5 Å². The van der Waals surface area contributed by atoms with Crippen molar-refractivity contribution in [1.82, 2.24) is 20.5 Å². The number of aryl methyl sites for hydroxylation is 1. The number of carbonyl (C=O) groups excluding carboxylic acids is 1. The summed E-state index contributed by atoms with van der Waals surface area (Å²) in [6.07, 6.45) is 10.0. The number of nitrogens with zero attached hydrogens (tertiary/aromatic N) is 2. The highest BCUT2D eigenvalue weighted by Crippen LogP contribution is 2.49. The van der Waals surface area contributed by atoms with Crippen LogP contribution in [0.1, 0.15) is 71.3 Å². The van der Waals surface area contributed by atoms with Gasteiger partial charge in [0.15, 0.2) is 0 Å². The normalized spacial score (nSPS) is 20.6. The van der Waals surface area contributed by atoms with Gasteiger partial charge in [0.1, 0.15) is 5.75 Å². The van der Waals surface area contributed by atoms with Crippen molar-refractivity contribution in [3.8, 4) is 16.2 Å². The number of hydrogen-bond acceptors (Lipinski definition) is 6. The number of benzene rings is 2. The van der Waals surface area contributed by atoms with Crippen molar-refractivity contribution in [1.29, 1.82) is 0 Å². The molecule has 1 aliphatic heterocycles. The van der Waals surface area contributed by atoms with Gasteiger partial charge < -0.3 is 20.3 Å². The SMILES string of the molecule is Cc1ccc(O[C@@H]([Si])[C@@H]2CCN2C)cc1C(=O)NC1(c2cc(-c3ccc(CNC4CCCC4)s3)cc3ncccc23)CC1. The Bertz CT molecular complexity index is 1640. The average molecular weight is 608 g/mol. The molecule has 43 heavy (non-hydrogen) atoms. The minimum absolute atomic E-state index is 0.0643. The summed E-state index contributed by atoms with van der Waals surface area (Å²) >= 11 is 1.85. The summed E-state index contributed by atoms with van der Waals surface area (Å²) in [5.74, 6) is 0.638. The van der Waals surface area contributed by atoms with Gasteiger partial charge in [-0.05, 0) is 112 Å². The molecule has 6 nitrogen and oxygen atoms in total. The summed E-state index contributed by atoms with van der Waals surface area (Å²) in [5.41, 5.74) is 4.34. The van der Waals surface area contributed by atoms with Gasteiger partial charge in [0.2, 0.25) is 0 Å². The van der Waals surface area contributed by atoms with E-state index in [9.17, 15) is 4.79 Å². The zero-order valence-electron chi connectivity index (χ0n) is 25.0. The van der Waals surface area contributed by atoms with Gasteiger partial charge in [-0.3, -0.25) is 9.78 Å². The molecule has 0 unspecified atom stereocenters. The van der Waals surface area contributed by atoms with Crippen LogP contribution in [0.4, 0.5) is 0 Å². The molecule has 1 amide bonds. The smallest absolute Gasteiger partial charge is 0.252 e. The Hall–Kier alpha value is -3.04. The first-order valence-corrected chi connectivity index (χ1v) is 17.0. The molecule has 0 spiro atoms. The molecule has 4 aromatic rings. The Morgan fingerprint density at radius 1 is 1.14 bits per heavy atom. The largest absolute Gasteiger partial charge is 0.493 e. The number of pyridine rings is 1. The predicted molar refractivity (Wildman–Crippen MR) is 175 cm³/mol. The number of thiophene rings is 1. The minimum atomic E-state index is -0.409. The fraction of sp³-hybridized carbons (Fsp3) is 0.429. The summed E-state index contributed by atoms with van der Waals surface area (Å²) in [4.78, 5) is 23.5. The van der Waals surface area contributed by atoms with Gasteiger partial charge in [0.25, 0.3) is 5.91 Å². The van der Waals surface area contributed by atoms with Gasteiger partial charge in [-0.1, -0.05) is 25.0 Å². The number of ether oxygens (including phenoxy) is 1. The lowest BCUT2D eigenvalue weighted by Gasteiger charge is -2.41. The molecule has 2 saturated carbocycles. The van der Waals surface area contributed by atoms with Crippen molar-refractivity contribution in [3.05, 3.63) is 82.4 Å². The van der Waals surface area contributed by atoms with E-state index in [0.29, 0.717) is 23.4 Å². The lowest BCUT2D eigenvalue weighted by Crippen LogP contribution is -2.53. The molecule has 3 fully saturated rings. The van der Waals surface area contributed by atoms with E-state index in [4.69, 9.17) is 9.72 Å². The Kier molecular flexibility index (Phi) is 7.88. The molecular weight excluding hydrogens is 569 g/mol. The molecule has 2 aromatic heterocycles. The average Bonchev–Trinajstić information content (AvgIpc) is 3.36. The molecule has 1 saturated heterocycles. The van der Waals surface area contributed by atoms with E-state index in [1.165, 1.54) is 35.4 Å². The molecular formula is C35H39N4O2SSi. The number of amides is 1. The highest BCUT2D eigenvalue weighted by molar-refractivity contribution is 7.15. The number of fused-ring (bicyclic) bond motifs is 1. The number of likely N-dealkylation sites (tertiary alicyclic amines) is 1. The zero-order chi connectivity index (χ0) is 29.6. The molecule has 2 aromatic carbocycles. The third-order valence-corrected chi connectivity index (χ3v) is 11.3. The predicted octanol–water partition coefficient (Wildman–Crippen LogP) is 6.30. The van der Waals surface area contributed by atoms with Gasteiger partial charge >= 0.3 is 0 Å². The van der Waals surface area contributed by atoms with E-state index in [0.717, 1.165) is 59.9 Å². The van der Waals surface area contributed by atoms with Gasteiger partial charge in [0.05, 0.1) is 27.0 Å². The standard InChI is InChI=1S/C35H39N4O2SSi/c1-22-9-10-25(41-34(43)31-13-17-39(31)2)20-28(22)33(40)38-35(14-15-35)29-18-23(19-30-27(29)8-5-16-36-30)32-12-11-26(42-32)21-37-24-6-3-4-7-24/h5,8-12,16,18-20,24,31,34,37H,3-4,6-7,13-15,17,21H2,1-2H3,(H,38,40)/t31-,34-/m0/s1. The molecule has 2 atom stereocenters. The van der Waals surface area contributed by atoms with Gasteiger partial charge in [0, 0.05) is 45.5 Å². The van der Waals surface area contributed by atoms with E-state index in [-0.39, 0.29) is 11.6 Å². The van der Waals surface area contributed by atoms with Crippen LogP contribution < -0.4 is 15.4 Å². The molecule has 3 aliphatic rings. The van der Waals surface area contributed by atoms with Crippen LogP contribution in [0.3, 0.4) is 0 Å². The monoisotopic (exact) mass is 607 g/mol. The van der Waals surface area contributed by atoms with Gasteiger partial charge in [-0.15, -0.1) is 11.3 Å². The van der Waals surface area contributed by atoms with Crippen LogP contribution >= 0.6 is 11.3 Å². The number of aromatic nitrogens is 1. The summed E-state index contributed by atoms with van der Waals surface area (Å²) in [6.45, 7) is 3.98. The van der Waals surface area contributed by atoms with Crippen LogP contribution in [0.15, 0.2) is 60.8 Å². The quantitative estimate of drug-likeness (QED) is 0.207. The fourth-order valence-corrected chi connectivity index (χ4v) is 8.16. The van der Waals surface area contributed by atoms with Crippen molar-refractivity contribution in [2.24, 2.45) is 0 Å². The molecule has 2 aliphatic carbocycles. The second-order valence-corrected chi connectivity index (χ2v) is 14.3. The number of likely N-dealkylation sites (N-methyl/N-ethyl adjacent to an activating group) is 1. The molecule has 8 heteroatoms. The molecule has 7 rings (SSSR count). The Morgan fingerprint density at radius 3 is 2.72 bits per heavy atom. The maximum absolute atomic E-state index is 13.9. The highest BCUT2D eigenvalue weighted by Gasteiger charge is 2.47. The van der Waals surface area contributed by atoms with Crippen LogP contribution in [0.25, 0.3) is 21.3 Å². The Morgan fingerprint density at radius 2 is 1.98 bits per heavy atom. The van der Waals surface area contributed by atoms with Crippen LogP contribution in [-0.2, 0) is 12.1 Å².